The van der Waals surface area contributed by atoms with E-state index in [0.717, 1.165) is 15.8 Å². The van der Waals surface area contributed by atoms with Gasteiger partial charge >= 0.3 is 5.91 Å². The Labute approximate surface area is 162 Å². The first-order valence-electron chi connectivity index (χ1n) is 7.91. The average Bonchev–Trinajstić information content (AvgIpc) is 3.07. The van der Waals surface area contributed by atoms with Crippen molar-refractivity contribution in [1.29, 1.82) is 0 Å². The molecule has 138 valence electrons. The van der Waals surface area contributed by atoms with E-state index in [0.29, 0.717) is 17.6 Å². The van der Waals surface area contributed by atoms with E-state index in [4.69, 9.17) is 9.15 Å². The molecule has 0 unspecified atom stereocenters. The zero-order valence-electron chi connectivity index (χ0n) is 14.1. The molecule has 0 fully saturated rings. The van der Waals surface area contributed by atoms with Crippen LogP contribution in [0.25, 0.3) is 11.0 Å². The molecule has 0 bridgehead atoms. The van der Waals surface area contributed by atoms with Crippen LogP contribution in [0.15, 0.2) is 56.5 Å². The third kappa shape index (κ3) is 4.32. The Kier molecular flexibility index (Phi) is 5.51. The lowest BCUT2D eigenvalue weighted by Crippen LogP contribution is -2.16. The molecule has 27 heavy (non-hydrogen) atoms. The van der Waals surface area contributed by atoms with E-state index in [-0.39, 0.29) is 11.4 Å². The van der Waals surface area contributed by atoms with Gasteiger partial charge in [0.2, 0.25) is 0 Å². The van der Waals surface area contributed by atoms with Crippen molar-refractivity contribution < 1.29 is 18.9 Å². The van der Waals surface area contributed by atoms with Crippen molar-refractivity contribution in [3.05, 3.63) is 68.4 Å². The van der Waals surface area contributed by atoms with Gasteiger partial charge in [-0.15, -0.1) is 0 Å². The molecular weight excluding hydrogens is 418 g/mol. The van der Waals surface area contributed by atoms with Gasteiger partial charge in [-0.2, -0.15) is 5.10 Å². The minimum absolute atomic E-state index is 0.00974. The summed E-state index contributed by atoms with van der Waals surface area (Å²) >= 11 is 3.40. The van der Waals surface area contributed by atoms with Crippen LogP contribution in [-0.4, -0.2) is 23.7 Å². The lowest BCUT2D eigenvalue weighted by Gasteiger charge is -2.05. The lowest BCUT2D eigenvalue weighted by atomic mass is 10.2. The third-order valence-corrected chi connectivity index (χ3v) is 4.19. The zero-order valence-corrected chi connectivity index (χ0v) is 15.7. The van der Waals surface area contributed by atoms with E-state index < -0.39 is 10.8 Å². The van der Waals surface area contributed by atoms with Gasteiger partial charge in [0.1, 0.15) is 11.3 Å². The highest BCUT2D eigenvalue weighted by Crippen LogP contribution is 2.26. The van der Waals surface area contributed by atoms with Crippen LogP contribution in [0.4, 0.5) is 5.69 Å². The van der Waals surface area contributed by atoms with Crippen LogP contribution in [0.1, 0.15) is 23.0 Å². The number of nitro benzene ring substituents is 1. The molecule has 8 nitrogen and oxygen atoms in total. The Balaban J connectivity index is 1.70. The van der Waals surface area contributed by atoms with Crippen LogP contribution in [0.3, 0.4) is 0 Å². The van der Waals surface area contributed by atoms with Gasteiger partial charge < -0.3 is 9.15 Å². The highest BCUT2D eigenvalue weighted by atomic mass is 79.9. The Hall–Kier alpha value is -3.20. The van der Waals surface area contributed by atoms with Crippen LogP contribution >= 0.6 is 15.9 Å². The summed E-state index contributed by atoms with van der Waals surface area (Å²) in [6, 6.07) is 10.9. The van der Waals surface area contributed by atoms with Gasteiger partial charge in [-0.1, -0.05) is 0 Å². The van der Waals surface area contributed by atoms with Gasteiger partial charge in [-0.25, -0.2) is 5.43 Å². The maximum absolute atomic E-state index is 12.1. The first kappa shape index (κ1) is 18.6. The van der Waals surface area contributed by atoms with Crippen molar-refractivity contribution >= 4 is 44.7 Å². The molecule has 9 heteroatoms. The van der Waals surface area contributed by atoms with Gasteiger partial charge in [0.25, 0.3) is 5.69 Å². The fourth-order valence-corrected chi connectivity index (χ4v) is 2.86. The molecule has 0 spiro atoms. The van der Waals surface area contributed by atoms with E-state index in [1.165, 1.54) is 30.5 Å². The maximum atomic E-state index is 12.1. The maximum Gasteiger partial charge on any atom is 0.307 e. The van der Waals surface area contributed by atoms with E-state index >= 15 is 0 Å². The predicted molar refractivity (Wildman–Crippen MR) is 103 cm³/mol. The zero-order chi connectivity index (χ0) is 19.4. The number of carbonyl (C=O) groups is 1. The van der Waals surface area contributed by atoms with Crippen molar-refractivity contribution in [2.45, 2.75) is 6.92 Å². The monoisotopic (exact) mass is 431 g/mol. The second-order valence-corrected chi connectivity index (χ2v) is 6.27. The fourth-order valence-electron chi connectivity index (χ4n) is 2.35. The Morgan fingerprint density at radius 2 is 2.15 bits per heavy atom. The largest absolute Gasteiger partial charge is 0.493 e. The molecule has 1 aromatic heterocycles. The Bertz CT molecular complexity index is 1040. The molecule has 2 aromatic carbocycles. The van der Waals surface area contributed by atoms with Gasteiger partial charge in [0, 0.05) is 17.5 Å². The number of amides is 1. The topological polar surface area (TPSA) is 107 Å². The first-order chi connectivity index (χ1) is 13.0. The van der Waals surface area contributed by atoms with Crippen LogP contribution < -0.4 is 10.2 Å². The minimum atomic E-state index is -0.560. The normalized spacial score (nSPS) is 11.0. The number of carbonyl (C=O) groups excluding carboxylic acids is 1. The number of hydrogen-bond acceptors (Lipinski definition) is 6. The molecule has 1 heterocycles. The SMILES string of the molecule is CCOc1ccc(/C=N\NC(=O)c2cc3cc([N+](=O)[O-])ccc3o2)cc1Br. The van der Waals surface area contributed by atoms with Crippen molar-refractivity contribution in [2.75, 3.05) is 6.61 Å². The molecule has 0 atom stereocenters. The van der Waals surface area contributed by atoms with Crippen LogP contribution in [0.5, 0.6) is 5.75 Å². The minimum Gasteiger partial charge on any atom is -0.493 e. The molecule has 3 rings (SSSR count). The van der Waals surface area contributed by atoms with Gasteiger partial charge in [0.15, 0.2) is 5.76 Å². The van der Waals surface area contributed by atoms with Crippen molar-refractivity contribution in [1.82, 2.24) is 5.43 Å². The lowest BCUT2D eigenvalue weighted by molar-refractivity contribution is -0.384. The number of ether oxygens (including phenoxy) is 1. The summed E-state index contributed by atoms with van der Waals surface area (Å²) in [6.45, 7) is 2.45. The molecule has 0 saturated heterocycles. The first-order valence-corrected chi connectivity index (χ1v) is 8.71. The summed E-state index contributed by atoms with van der Waals surface area (Å²) in [5, 5.41) is 15.2. The highest BCUT2D eigenvalue weighted by molar-refractivity contribution is 9.10. The van der Waals surface area contributed by atoms with Crippen molar-refractivity contribution in [3.8, 4) is 5.75 Å². The van der Waals surface area contributed by atoms with Crippen molar-refractivity contribution in [2.24, 2.45) is 5.10 Å². The predicted octanol–water partition coefficient (Wildman–Crippen LogP) is 4.27. The number of halogens is 1. The number of rotatable bonds is 6. The summed E-state index contributed by atoms with van der Waals surface area (Å²) in [6.07, 6.45) is 1.48. The summed E-state index contributed by atoms with van der Waals surface area (Å²) in [7, 11) is 0. The number of hydrogen-bond donors (Lipinski definition) is 1. The van der Waals surface area contributed by atoms with Crippen molar-refractivity contribution in [3.63, 3.8) is 0 Å². The van der Waals surface area contributed by atoms with E-state index in [9.17, 15) is 14.9 Å². The van der Waals surface area contributed by atoms with E-state index in [1.807, 2.05) is 6.92 Å². The van der Waals surface area contributed by atoms with Gasteiger partial charge in [0.05, 0.1) is 22.2 Å². The molecule has 1 N–H and O–H groups in total. The average molecular weight is 432 g/mol. The summed E-state index contributed by atoms with van der Waals surface area (Å²) in [5.41, 5.74) is 3.42. The molecule has 0 radical (unpaired) electrons. The highest BCUT2D eigenvalue weighted by Gasteiger charge is 2.14. The van der Waals surface area contributed by atoms with Crippen LogP contribution in [0, 0.1) is 10.1 Å². The van der Waals surface area contributed by atoms with Crippen LogP contribution in [0.2, 0.25) is 0 Å². The second-order valence-electron chi connectivity index (χ2n) is 5.41. The van der Waals surface area contributed by atoms with E-state index in [2.05, 4.69) is 26.5 Å². The number of non-ortho nitro benzene ring substituents is 1. The third-order valence-electron chi connectivity index (χ3n) is 3.57. The molecule has 0 aliphatic rings. The number of nitro groups is 1. The number of furan rings is 1. The standard InChI is InChI=1S/C18H14BrN3O5/c1-2-26-16-5-3-11(7-14(16)19)10-20-21-18(23)17-9-12-8-13(22(24)25)4-6-15(12)27-17/h3-10H,2H2,1H3,(H,21,23)/b20-10-. The van der Waals surface area contributed by atoms with E-state index in [1.54, 1.807) is 18.2 Å². The number of benzene rings is 2. The van der Waals surface area contributed by atoms with Gasteiger partial charge in [-0.3, -0.25) is 14.9 Å². The fraction of sp³-hybridized carbons (Fsp3) is 0.111. The van der Waals surface area contributed by atoms with Crippen LogP contribution in [-0.2, 0) is 0 Å². The number of hydrazone groups is 1. The molecule has 0 aliphatic carbocycles. The summed E-state index contributed by atoms with van der Waals surface area (Å²) in [4.78, 5) is 22.4. The molecule has 0 aliphatic heterocycles. The number of fused-ring (bicyclic) bond motifs is 1. The molecule has 3 aromatic rings. The number of nitrogens with one attached hydrogen (secondary N) is 1. The quantitative estimate of drug-likeness (QED) is 0.356. The molecule has 0 saturated carbocycles. The molecular formula is C18H14BrN3O5. The molecule has 1 amide bonds. The Morgan fingerprint density at radius 3 is 2.85 bits per heavy atom. The Morgan fingerprint density at radius 1 is 1.33 bits per heavy atom. The smallest absolute Gasteiger partial charge is 0.307 e. The summed E-state index contributed by atoms with van der Waals surface area (Å²) < 4.78 is 11.6. The van der Waals surface area contributed by atoms with Gasteiger partial charge in [-0.05, 0) is 58.7 Å². The summed E-state index contributed by atoms with van der Waals surface area (Å²) in [5.74, 6) is 0.167. The second kappa shape index (κ2) is 8.00. The number of nitrogens with zero attached hydrogens (tertiary/aromatic N) is 2.